The summed E-state index contributed by atoms with van der Waals surface area (Å²) in [6.45, 7) is 14.5. The molecule has 3 rings (SSSR count). The molecule has 41 heavy (non-hydrogen) atoms. The van der Waals surface area contributed by atoms with Gasteiger partial charge in [0.25, 0.3) is 0 Å². The third-order valence-electron chi connectivity index (χ3n) is 7.37. The number of aryl methyl sites for hydroxylation is 2. The molecule has 0 spiro atoms. The molecule has 1 heterocycles. The molecule has 0 aliphatic carbocycles. The van der Waals surface area contributed by atoms with Gasteiger partial charge in [-0.05, 0) is 132 Å². The summed E-state index contributed by atoms with van der Waals surface area (Å²) in [5.41, 5.74) is 2.81. The summed E-state index contributed by atoms with van der Waals surface area (Å²) < 4.78 is 6.16. The highest BCUT2D eigenvalue weighted by molar-refractivity contribution is 6.11. The van der Waals surface area contributed by atoms with E-state index in [1.807, 2.05) is 6.07 Å². The van der Waals surface area contributed by atoms with E-state index in [0.717, 1.165) is 83.4 Å². The molecule has 0 unspecified atom stereocenters. The van der Waals surface area contributed by atoms with Crippen molar-refractivity contribution in [2.75, 3.05) is 39.3 Å². The summed E-state index contributed by atoms with van der Waals surface area (Å²) >= 11 is 0. The second-order valence-electron chi connectivity index (χ2n) is 10.5. The van der Waals surface area contributed by atoms with Crippen LogP contribution in [0.15, 0.2) is 28.7 Å². The van der Waals surface area contributed by atoms with Gasteiger partial charge in [0.15, 0.2) is 0 Å². The zero-order valence-electron chi connectivity index (χ0n) is 25.0. The van der Waals surface area contributed by atoms with Crippen molar-refractivity contribution in [3.05, 3.63) is 46.5 Å². The fourth-order valence-corrected chi connectivity index (χ4v) is 5.82. The van der Waals surface area contributed by atoms with Gasteiger partial charge in [-0.1, -0.05) is 27.7 Å². The second kappa shape index (κ2) is 18.3. The number of carboxylic acid groups (broad SMARTS) is 2. The Kier molecular flexibility index (Phi) is 16.4. The van der Waals surface area contributed by atoms with Crippen molar-refractivity contribution >= 4 is 58.7 Å². The monoisotopic (exact) mass is 608 g/mol. The van der Waals surface area contributed by atoms with E-state index in [-0.39, 0.29) is 35.9 Å². The number of rotatable bonds is 18. The third-order valence-corrected chi connectivity index (χ3v) is 7.37. The molecule has 0 aliphatic heterocycles. The van der Waals surface area contributed by atoms with Crippen molar-refractivity contribution in [1.82, 2.24) is 9.80 Å². The first-order chi connectivity index (χ1) is 18.8. The second-order valence-corrected chi connectivity index (χ2v) is 10.5. The molecule has 0 amide bonds. The van der Waals surface area contributed by atoms with Gasteiger partial charge in [-0.15, -0.1) is 24.8 Å². The van der Waals surface area contributed by atoms with E-state index < -0.39 is 11.9 Å². The van der Waals surface area contributed by atoms with E-state index in [4.69, 9.17) is 4.42 Å². The number of nitrogens with zero attached hydrogens (tertiary/aromatic N) is 2. The minimum atomic E-state index is -1.27. The molecule has 2 aromatic carbocycles. The molecule has 0 aliphatic rings. The minimum Gasteiger partial charge on any atom is -0.545 e. The van der Waals surface area contributed by atoms with Crippen molar-refractivity contribution in [3.63, 3.8) is 0 Å². The molecular formula is C32H46Cl2N2O5-2. The molecule has 7 nitrogen and oxygen atoms in total. The highest BCUT2D eigenvalue weighted by Gasteiger charge is 2.20. The van der Waals surface area contributed by atoms with Crippen LogP contribution in [-0.4, -0.2) is 61.0 Å². The van der Waals surface area contributed by atoms with Crippen molar-refractivity contribution in [2.24, 2.45) is 0 Å². The molecule has 230 valence electrons. The van der Waals surface area contributed by atoms with Gasteiger partial charge in [0.05, 0.1) is 11.9 Å². The molecule has 0 atom stereocenters. The molecule has 0 fully saturated rings. The number of halogens is 2. The number of furan rings is 1. The number of benzene rings is 2. The number of hydrogen-bond acceptors (Lipinski definition) is 7. The third kappa shape index (κ3) is 9.60. The standard InChI is InChI=1S/C32H46N2O5.2ClH/c1-5-15-33(16-6-2)19-9-11-23-22-28-30(26-21-24(31(35)36)13-14-27(26)39-28)25(29(23)32(37)38)12-10-20-34(17-7-3)18-8-4;;/h13-14,21-22H,5-12,15-20H2,1-4H3,(H,35,36)(H,37,38);2*1H/p-2. The number of carboxylic acids is 2. The summed E-state index contributed by atoms with van der Waals surface area (Å²) in [7, 11) is 0. The van der Waals surface area contributed by atoms with Gasteiger partial charge in [-0.3, -0.25) is 0 Å². The lowest BCUT2D eigenvalue weighted by Crippen LogP contribution is -2.29. The van der Waals surface area contributed by atoms with Gasteiger partial charge in [-0.25, -0.2) is 0 Å². The maximum absolute atomic E-state index is 12.7. The van der Waals surface area contributed by atoms with Crippen LogP contribution in [0.4, 0.5) is 0 Å². The largest absolute Gasteiger partial charge is 0.545 e. The summed E-state index contributed by atoms with van der Waals surface area (Å²) in [6.07, 6.45) is 7.06. The van der Waals surface area contributed by atoms with Crippen LogP contribution in [-0.2, 0) is 12.8 Å². The van der Waals surface area contributed by atoms with Crippen LogP contribution in [0.1, 0.15) is 98.1 Å². The molecule has 1 aromatic heterocycles. The highest BCUT2D eigenvalue weighted by atomic mass is 35.5. The first-order valence-electron chi connectivity index (χ1n) is 14.7. The number of carbonyl (C=O) groups is 2. The fraction of sp³-hybridized carbons (Fsp3) is 0.562. The van der Waals surface area contributed by atoms with E-state index in [1.165, 1.54) is 12.1 Å². The topological polar surface area (TPSA) is 99.9 Å². The van der Waals surface area contributed by atoms with Gasteiger partial charge in [0.2, 0.25) is 0 Å². The smallest absolute Gasteiger partial charge is 0.136 e. The van der Waals surface area contributed by atoms with E-state index in [2.05, 4.69) is 37.5 Å². The van der Waals surface area contributed by atoms with Gasteiger partial charge < -0.3 is 34.0 Å². The summed E-state index contributed by atoms with van der Waals surface area (Å²) in [6, 6.07) is 6.45. The molecule has 9 heteroatoms. The van der Waals surface area contributed by atoms with Crippen LogP contribution in [0.5, 0.6) is 0 Å². The first kappa shape index (κ1) is 36.7. The highest BCUT2D eigenvalue weighted by Crippen LogP contribution is 2.36. The van der Waals surface area contributed by atoms with Crippen LogP contribution in [0, 0.1) is 0 Å². The Labute approximate surface area is 257 Å². The van der Waals surface area contributed by atoms with Gasteiger partial charge in [0.1, 0.15) is 11.2 Å². The average Bonchev–Trinajstić information content (AvgIpc) is 3.26. The van der Waals surface area contributed by atoms with Gasteiger partial charge >= 0.3 is 0 Å². The Hall–Kier alpha value is -2.32. The molecule has 0 N–H and O–H groups in total. The fourth-order valence-electron chi connectivity index (χ4n) is 5.82. The van der Waals surface area contributed by atoms with E-state index in [0.29, 0.717) is 40.3 Å². The van der Waals surface area contributed by atoms with Crippen LogP contribution in [0.3, 0.4) is 0 Å². The number of fused-ring (bicyclic) bond motifs is 3. The SMILES string of the molecule is CCCN(CCC)CCCc1cc2oc3ccc(C(=O)[O-])cc3c2c(CCCN(CCC)CCC)c1C(=O)[O-].Cl.Cl. The van der Waals surface area contributed by atoms with Crippen LogP contribution >= 0.6 is 24.8 Å². The average molecular weight is 610 g/mol. The normalized spacial score (nSPS) is 11.3. The summed E-state index contributed by atoms with van der Waals surface area (Å²) in [5.74, 6) is -2.46. The molecule has 0 saturated carbocycles. The van der Waals surface area contributed by atoms with Crippen molar-refractivity contribution in [2.45, 2.75) is 79.1 Å². The lowest BCUT2D eigenvalue weighted by molar-refractivity contribution is -0.256. The van der Waals surface area contributed by atoms with Gasteiger partial charge in [0, 0.05) is 16.3 Å². The van der Waals surface area contributed by atoms with Crippen molar-refractivity contribution in [3.8, 4) is 0 Å². The van der Waals surface area contributed by atoms with E-state index in [9.17, 15) is 19.8 Å². The Morgan fingerprint density at radius 3 is 1.73 bits per heavy atom. The van der Waals surface area contributed by atoms with E-state index >= 15 is 0 Å². The zero-order chi connectivity index (χ0) is 28.4. The quantitative estimate of drug-likeness (QED) is 0.194. The van der Waals surface area contributed by atoms with Crippen LogP contribution < -0.4 is 10.2 Å². The molecule has 0 radical (unpaired) electrons. The number of carbonyl (C=O) groups excluding carboxylic acids is 2. The van der Waals surface area contributed by atoms with Crippen molar-refractivity contribution in [1.29, 1.82) is 0 Å². The lowest BCUT2D eigenvalue weighted by atomic mass is 9.90. The first-order valence-corrected chi connectivity index (χ1v) is 14.7. The molecule has 0 saturated heterocycles. The Morgan fingerprint density at radius 1 is 0.707 bits per heavy atom. The van der Waals surface area contributed by atoms with Gasteiger partial charge in [-0.2, -0.15) is 0 Å². The van der Waals surface area contributed by atoms with Crippen LogP contribution in [0.25, 0.3) is 21.9 Å². The molecule has 3 aromatic rings. The molecule has 0 bridgehead atoms. The van der Waals surface area contributed by atoms with E-state index in [1.54, 1.807) is 6.07 Å². The van der Waals surface area contributed by atoms with Crippen LogP contribution in [0.2, 0.25) is 0 Å². The summed E-state index contributed by atoms with van der Waals surface area (Å²) in [5, 5.41) is 25.5. The number of hydrogen-bond donors (Lipinski definition) is 0. The maximum Gasteiger partial charge on any atom is 0.136 e. The minimum absolute atomic E-state index is 0. The number of aromatic carboxylic acids is 2. The zero-order valence-corrected chi connectivity index (χ0v) is 26.6. The molecular weight excluding hydrogens is 563 g/mol. The predicted molar refractivity (Wildman–Crippen MR) is 168 cm³/mol. The Bertz CT molecular complexity index is 1250. The summed E-state index contributed by atoms with van der Waals surface area (Å²) in [4.78, 5) is 29.1. The Balaban J connectivity index is 0.00000420. The lowest BCUT2D eigenvalue weighted by Gasteiger charge is -2.23. The predicted octanol–water partition coefficient (Wildman–Crippen LogP) is 5.27. The Morgan fingerprint density at radius 2 is 1.24 bits per heavy atom. The maximum atomic E-state index is 12.7. The van der Waals surface area contributed by atoms with Crippen molar-refractivity contribution < 1.29 is 24.2 Å².